The Morgan fingerprint density at radius 2 is 1.68 bits per heavy atom. The summed E-state index contributed by atoms with van der Waals surface area (Å²) in [5.74, 6) is -0.132. The van der Waals surface area contributed by atoms with Gasteiger partial charge in [0.25, 0.3) is 0 Å². The SMILES string of the molecule is O=C(CCc1ccccc1)NNC(=S)Nc1ccccc1Cl. The van der Waals surface area contributed by atoms with Gasteiger partial charge < -0.3 is 5.32 Å². The molecule has 6 heteroatoms. The van der Waals surface area contributed by atoms with Crippen LogP contribution >= 0.6 is 23.8 Å². The van der Waals surface area contributed by atoms with E-state index in [0.717, 1.165) is 5.56 Å². The lowest BCUT2D eigenvalue weighted by Gasteiger charge is -2.12. The third kappa shape index (κ3) is 5.35. The highest BCUT2D eigenvalue weighted by Crippen LogP contribution is 2.19. The Morgan fingerprint density at radius 3 is 2.41 bits per heavy atom. The van der Waals surface area contributed by atoms with E-state index < -0.39 is 0 Å². The van der Waals surface area contributed by atoms with Crippen molar-refractivity contribution in [2.45, 2.75) is 12.8 Å². The average Bonchev–Trinajstić information content (AvgIpc) is 2.54. The minimum atomic E-state index is -0.132. The molecule has 0 heterocycles. The van der Waals surface area contributed by atoms with Crippen LogP contribution < -0.4 is 16.2 Å². The van der Waals surface area contributed by atoms with Crippen molar-refractivity contribution in [3.05, 3.63) is 65.2 Å². The first kappa shape index (κ1) is 16.3. The third-order valence-electron chi connectivity index (χ3n) is 2.92. The van der Waals surface area contributed by atoms with Crippen molar-refractivity contribution in [1.82, 2.24) is 10.9 Å². The maximum atomic E-state index is 11.8. The van der Waals surface area contributed by atoms with Crippen LogP contribution in [-0.2, 0) is 11.2 Å². The summed E-state index contributed by atoms with van der Waals surface area (Å²) in [4.78, 5) is 11.8. The summed E-state index contributed by atoms with van der Waals surface area (Å²) in [5.41, 5.74) is 7.01. The van der Waals surface area contributed by atoms with Gasteiger partial charge in [-0.15, -0.1) is 0 Å². The predicted octanol–water partition coefficient (Wildman–Crippen LogP) is 3.29. The van der Waals surface area contributed by atoms with E-state index in [0.29, 0.717) is 23.6 Å². The number of para-hydroxylation sites is 1. The molecular formula is C16H16ClN3OS. The number of anilines is 1. The normalized spacial score (nSPS) is 9.86. The van der Waals surface area contributed by atoms with Crippen LogP contribution in [0.5, 0.6) is 0 Å². The number of hydrogen-bond acceptors (Lipinski definition) is 2. The van der Waals surface area contributed by atoms with Crippen LogP contribution in [0.25, 0.3) is 0 Å². The third-order valence-corrected chi connectivity index (χ3v) is 3.45. The van der Waals surface area contributed by atoms with Gasteiger partial charge in [-0.05, 0) is 36.3 Å². The fourth-order valence-electron chi connectivity index (χ4n) is 1.81. The number of amides is 1. The fraction of sp³-hybridized carbons (Fsp3) is 0.125. The smallest absolute Gasteiger partial charge is 0.238 e. The maximum Gasteiger partial charge on any atom is 0.238 e. The van der Waals surface area contributed by atoms with Crippen molar-refractivity contribution in [2.24, 2.45) is 0 Å². The van der Waals surface area contributed by atoms with Crippen LogP contribution in [0.2, 0.25) is 5.02 Å². The van der Waals surface area contributed by atoms with E-state index in [2.05, 4.69) is 16.2 Å². The molecule has 0 aromatic heterocycles. The zero-order valence-corrected chi connectivity index (χ0v) is 13.4. The van der Waals surface area contributed by atoms with Gasteiger partial charge in [0.2, 0.25) is 5.91 Å². The van der Waals surface area contributed by atoms with Gasteiger partial charge in [0.1, 0.15) is 0 Å². The van der Waals surface area contributed by atoms with Crippen LogP contribution in [0, 0.1) is 0 Å². The molecule has 3 N–H and O–H groups in total. The van der Waals surface area contributed by atoms with Gasteiger partial charge >= 0.3 is 0 Å². The van der Waals surface area contributed by atoms with E-state index in [9.17, 15) is 4.79 Å². The minimum absolute atomic E-state index is 0.132. The number of aryl methyl sites for hydroxylation is 1. The van der Waals surface area contributed by atoms with E-state index in [-0.39, 0.29) is 11.0 Å². The molecule has 22 heavy (non-hydrogen) atoms. The summed E-state index contributed by atoms with van der Waals surface area (Å²) in [6.07, 6.45) is 1.06. The van der Waals surface area contributed by atoms with Crippen molar-refractivity contribution in [3.8, 4) is 0 Å². The Bertz CT molecular complexity index is 649. The second-order valence-electron chi connectivity index (χ2n) is 4.59. The summed E-state index contributed by atoms with van der Waals surface area (Å²) in [6.45, 7) is 0. The second kappa shape index (κ2) is 8.36. The number of carbonyl (C=O) groups excluding carboxylic acids is 1. The topological polar surface area (TPSA) is 53.2 Å². The van der Waals surface area contributed by atoms with E-state index in [1.807, 2.05) is 42.5 Å². The fourth-order valence-corrected chi connectivity index (χ4v) is 2.15. The number of rotatable bonds is 4. The Balaban J connectivity index is 1.72. The Labute approximate surface area is 139 Å². The molecule has 0 aliphatic rings. The van der Waals surface area contributed by atoms with E-state index in [4.69, 9.17) is 23.8 Å². The molecule has 2 aromatic carbocycles. The molecule has 2 aromatic rings. The first-order chi connectivity index (χ1) is 10.6. The molecule has 114 valence electrons. The van der Waals surface area contributed by atoms with Gasteiger partial charge in [-0.1, -0.05) is 54.1 Å². The molecule has 0 saturated heterocycles. The minimum Gasteiger partial charge on any atom is -0.330 e. The summed E-state index contributed by atoms with van der Waals surface area (Å²) in [5, 5.41) is 3.75. The summed E-state index contributed by atoms with van der Waals surface area (Å²) in [7, 11) is 0. The zero-order valence-electron chi connectivity index (χ0n) is 11.8. The van der Waals surface area contributed by atoms with Crippen LogP contribution in [0.1, 0.15) is 12.0 Å². The molecular weight excluding hydrogens is 318 g/mol. The van der Waals surface area contributed by atoms with E-state index in [1.54, 1.807) is 12.1 Å². The highest BCUT2D eigenvalue weighted by Gasteiger charge is 2.04. The van der Waals surface area contributed by atoms with E-state index >= 15 is 0 Å². The van der Waals surface area contributed by atoms with Gasteiger partial charge in [0, 0.05) is 6.42 Å². The van der Waals surface area contributed by atoms with Crippen molar-refractivity contribution in [2.75, 3.05) is 5.32 Å². The highest BCUT2D eigenvalue weighted by molar-refractivity contribution is 7.80. The Morgan fingerprint density at radius 1 is 1.00 bits per heavy atom. The maximum absolute atomic E-state index is 11.8. The number of benzene rings is 2. The molecule has 4 nitrogen and oxygen atoms in total. The molecule has 0 atom stereocenters. The lowest BCUT2D eigenvalue weighted by atomic mass is 10.1. The summed E-state index contributed by atoms with van der Waals surface area (Å²) < 4.78 is 0. The van der Waals surface area contributed by atoms with Gasteiger partial charge in [-0.2, -0.15) is 0 Å². The molecule has 0 saturated carbocycles. The van der Waals surface area contributed by atoms with Crippen LogP contribution in [0.4, 0.5) is 5.69 Å². The summed E-state index contributed by atoms with van der Waals surface area (Å²) in [6, 6.07) is 17.1. The first-order valence-electron chi connectivity index (χ1n) is 6.79. The van der Waals surface area contributed by atoms with Gasteiger partial charge in [0.05, 0.1) is 10.7 Å². The zero-order chi connectivity index (χ0) is 15.8. The average molecular weight is 334 g/mol. The van der Waals surface area contributed by atoms with Crippen LogP contribution in [-0.4, -0.2) is 11.0 Å². The molecule has 2 rings (SSSR count). The lowest BCUT2D eigenvalue weighted by molar-refractivity contribution is -0.121. The molecule has 0 aliphatic heterocycles. The quantitative estimate of drug-likeness (QED) is 0.593. The number of hydrazine groups is 1. The number of nitrogens with one attached hydrogen (secondary N) is 3. The highest BCUT2D eigenvalue weighted by atomic mass is 35.5. The number of thiocarbonyl (C=S) groups is 1. The summed E-state index contributed by atoms with van der Waals surface area (Å²) >= 11 is 11.1. The molecule has 0 spiro atoms. The van der Waals surface area contributed by atoms with Crippen LogP contribution in [0.3, 0.4) is 0 Å². The number of carbonyl (C=O) groups is 1. The molecule has 0 radical (unpaired) electrons. The first-order valence-corrected chi connectivity index (χ1v) is 7.58. The molecule has 0 fully saturated rings. The Kier molecular flexibility index (Phi) is 6.18. The van der Waals surface area contributed by atoms with Crippen molar-refractivity contribution in [3.63, 3.8) is 0 Å². The van der Waals surface area contributed by atoms with Gasteiger partial charge in [-0.25, -0.2) is 0 Å². The second-order valence-corrected chi connectivity index (χ2v) is 5.41. The molecule has 0 aliphatic carbocycles. The lowest BCUT2D eigenvalue weighted by Crippen LogP contribution is -2.43. The Hall–Kier alpha value is -2.11. The standard InChI is InChI=1S/C16H16ClN3OS/c17-13-8-4-5-9-14(13)18-16(22)20-19-15(21)11-10-12-6-2-1-3-7-12/h1-9H,10-11H2,(H,19,21)(H2,18,20,22). The predicted molar refractivity (Wildman–Crippen MR) is 93.7 cm³/mol. The number of halogens is 1. The van der Waals surface area contributed by atoms with Crippen molar-refractivity contribution < 1.29 is 4.79 Å². The molecule has 0 bridgehead atoms. The van der Waals surface area contributed by atoms with Crippen LogP contribution in [0.15, 0.2) is 54.6 Å². The van der Waals surface area contributed by atoms with Gasteiger partial charge in [0.15, 0.2) is 5.11 Å². The van der Waals surface area contributed by atoms with Crippen molar-refractivity contribution in [1.29, 1.82) is 0 Å². The monoisotopic (exact) mass is 333 g/mol. The largest absolute Gasteiger partial charge is 0.330 e. The molecule has 1 amide bonds. The number of hydrogen-bond donors (Lipinski definition) is 3. The van der Waals surface area contributed by atoms with Crippen molar-refractivity contribution >= 4 is 40.5 Å². The van der Waals surface area contributed by atoms with E-state index in [1.165, 1.54) is 0 Å². The van der Waals surface area contributed by atoms with Gasteiger partial charge in [-0.3, -0.25) is 15.6 Å². The molecule has 0 unspecified atom stereocenters.